The van der Waals surface area contributed by atoms with E-state index in [9.17, 15) is 13.2 Å². The second-order valence-electron chi connectivity index (χ2n) is 6.14. The number of hydrogen-bond acceptors (Lipinski definition) is 4. The first-order valence-electron chi connectivity index (χ1n) is 8.01. The molecule has 1 atom stereocenters. The zero-order valence-corrected chi connectivity index (χ0v) is 15.1. The van der Waals surface area contributed by atoms with Gasteiger partial charge in [0.1, 0.15) is 0 Å². The Morgan fingerprint density at radius 1 is 1.16 bits per heavy atom. The number of rotatable bonds is 5. The number of nitrogens with one attached hydrogen (secondary N) is 2. The third-order valence-electron chi connectivity index (χ3n) is 4.08. The second-order valence-corrected chi connectivity index (χ2v) is 8.80. The SMILES string of the molecule is O=C(N[C@@H]1CCS(=O)(=O)C1)c1cccc(NCc2cccc(Cl)c2)c1. The molecular weight excluding hydrogens is 360 g/mol. The molecule has 1 heterocycles. The Hall–Kier alpha value is -2.05. The molecule has 2 aromatic rings. The van der Waals surface area contributed by atoms with Gasteiger partial charge >= 0.3 is 0 Å². The summed E-state index contributed by atoms with van der Waals surface area (Å²) in [5.41, 5.74) is 2.35. The molecule has 0 aromatic heterocycles. The van der Waals surface area contributed by atoms with E-state index in [0.717, 1.165) is 11.3 Å². The Kier molecular flexibility index (Phi) is 5.30. The monoisotopic (exact) mass is 378 g/mol. The van der Waals surface area contributed by atoms with Crippen LogP contribution in [0.4, 0.5) is 5.69 Å². The van der Waals surface area contributed by atoms with Crippen molar-refractivity contribution in [3.8, 4) is 0 Å². The average Bonchev–Trinajstić information content (AvgIpc) is 2.92. The zero-order valence-electron chi connectivity index (χ0n) is 13.5. The first-order valence-corrected chi connectivity index (χ1v) is 10.2. The number of hydrogen-bond donors (Lipinski definition) is 2. The summed E-state index contributed by atoms with van der Waals surface area (Å²) in [5, 5.41) is 6.73. The van der Waals surface area contributed by atoms with Crippen molar-refractivity contribution in [3.05, 3.63) is 64.7 Å². The number of amides is 1. The number of anilines is 1. The standard InChI is InChI=1S/C18H19ClN2O3S/c19-15-5-1-3-13(9-15)11-20-16-6-2-4-14(10-16)18(22)21-17-7-8-25(23,24)12-17/h1-6,9-10,17,20H,7-8,11-12H2,(H,21,22)/t17-/m1/s1. The van der Waals surface area contributed by atoms with Gasteiger partial charge in [-0.25, -0.2) is 8.42 Å². The lowest BCUT2D eigenvalue weighted by molar-refractivity contribution is 0.0941. The minimum Gasteiger partial charge on any atom is -0.381 e. The summed E-state index contributed by atoms with van der Waals surface area (Å²) in [6, 6.07) is 14.4. The van der Waals surface area contributed by atoms with E-state index < -0.39 is 9.84 Å². The van der Waals surface area contributed by atoms with Gasteiger partial charge in [-0.05, 0) is 42.3 Å². The molecule has 1 saturated heterocycles. The lowest BCUT2D eigenvalue weighted by Crippen LogP contribution is -2.35. The van der Waals surface area contributed by atoms with Crippen LogP contribution >= 0.6 is 11.6 Å². The van der Waals surface area contributed by atoms with E-state index in [2.05, 4.69) is 10.6 Å². The Morgan fingerprint density at radius 2 is 1.96 bits per heavy atom. The first kappa shape index (κ1) is 17.8. The molecule has 1 amide bonds. The normalized spacial score (nSPS) is 18.7. The number of halogens is 1. The van der Waals surface area contributed by atoms with Crippen LogP contribution in [0.5, 0.6) is 0 Å². The van der Waals surface area contributed by atoms with Crippen LogP contribution in [0.15, 0.2) is 48.5 Å². The fraction of sp³-hybridized carbons (Fsp3) is 0.278. The maximum atomic E-state index is 12.3. The molecule has 1 aliphatic rings. The van der Waals surface area contributed by atoms with Gasteiger partial charge < -0.3 is 10.6 Å². The molecule has 25 heavy (non-hydrogen) atoms. The molecule has 2 aromatic carbocycles. The fourth-order valence-electron chi connectivity index (χ4n) is 2.80. The molecule has 0 saturated carbocycles. The summed E-state index contributed by atoms with van der Waals surface area (Å²) in [7, 11) is -3.01. The largest absolute Gasteiger partial charge is 0.381 e. The minimum absolute atomic E-state index is 0.0193. The second kappa shape index (κ2) is 7.45. The van der Waals surface area contributed by atoms with Crippen molar-refractivity contribution in [1.29, 1.82) is 0 Å². The predicted octanol–water partition coefficient (Wildman–Crippen LogP) is 2.87. The highest BCUT2D eigenvalue weighted by Crippen LogP contribution is 2.16. The van der Waals surface area contributed by atoms with E-state index in [4.69, 9.17) is 11.6 Å². The van der Waals surface area contributed by atoms with Gasteiger partial charge in [-0.15, -0.1) is 0 Å². The highest BCUT2D eigenvalue weighted by Gasteiger charge is 2.29. The fourth-order valence-corrected chi connectivity index (χ4v) is 4.69. The van der Waals surface area contributed by atoms with Crippen LogP contribution in [-0.2, 0) is 16.4 Å². The quantitative estimate of drug-likeness (QED) is 0.838. The number of benzene rings is 2. The zero-order chi connectivity index (χ0) is 17.9. The third kappa shape index (κ3) is 4.96. The van der Waals surface area contributed by atoms with E-state index in [1.54, 1.807) is 18.2 Å². The predicted molar refractivity (Wildman–Crippen MR) is 99.7 cm³/mol. The topological polar surface area (TPSA) is 75.3 Å². The molecule has 132 valence electrons. The molecule has 7 heteroatoms. The molecule has 1 fully saturated rings. The van der Waals surface area contributed by atoms with E-state index in [1.165, 1.54) is 0 Å². The highest BCUT2D eigenvalue weighted by molar-refractivity contribution is 7.91. The van der Waals surface area contributed by atoms with Crippen LogP contribution in [0.3, 0.4) is 0 Å². The van der Waals surface area contributed by atoms with Crippen LogP contribution in [0.1, 0.15) is 22.3 Å². The number of carbonyl (C=O) groups is 1. The van der Waals surface area contributed by atoms with Crippen molar-refractivity contribution >= 4 is 33.0 Å². The van der Waals surface area contributed by atoms with Gasteiger partial charge in [0, 0.05) is 28.9 Å². The lowest BCUT2D eigenvalue weighted by Gasteiger charge is -2.12. The molecule has 0 aliphatic carbocycles. The van der Waals surface area contributed by atoms with Crippen molar-refractivity contribution in [2.24, 2.45) is 0 Å². The van der Waals surface area contributed by atoms with Crippen LogP contribution in [0, 0.1) is 0 Å². The Labute approximate surface area is 152 Å². The van der Waals surface area contributed by atoms with Crippen molar-refractivity contribution in [3.63, 3.8) is 0 Å². The van der Waals surface area contributed by atoms with E-state index >= 15 is 0 Å². The van der Waals surface area contributed by atoms with Gasteiger partial charge in [0.25, 0.3) is 5.91 Å². The van der Waals surface area contributed by atoms with Gasteiger partial charge in [0.15, 0.2) is 9.84 Å². The Bertz CT molecular complexity index is 883. The summed E-state index contributed by atoms with van der Waals surface area (Å²) in [6.45, 7) is 0.590. The van der Waals surface area contributed by atoms with Crippen LogP contribution in [0.25, 0.3) is 0 Å². The molecule has 0 bridgehead atoms. The third-order valence-corrected chi connectivity index (χ3v) is 6.08. The number of sulfone groups is 1. The van der Waals surface area contributed by atoms with Crippen LogP contribution < -0.4 is 10.6 Å². The first-order chi connectivity index (χ1) is 11.9. The summed E-state index contributed by atoms with van der Waals surface area (Å²) < 4.78 is 23.0. The van der Waals surface area contributed by atoms with Crippen molar-refractivity contribution in [2.75, 3.05) is 16.8 Å². The van der Waals surface area contributed by atoms with E-state index in [-0.39, 0.29) is 23.5 Å². The Balaban J connectivity index is 1.62. The van der Waals surface area contributed by atoms with E-state index in [1.807, 2.05) is 30.3 Å². The van der Waals surface area contributed by atoms with Crippen molar-refractivity contribution in [1.82, 2.24) is 5.32 Å². The molecule has 0 unspecified atom stereocenters. The molecule has 5 nitrogen and oxygen atoms in total. The summed E-state index contributed by atoms with van der Waals surface area (Å²) in [6.07, 6.45) is 0.473. The van der Waals surface area contributed by atoms with Gasteiger partial charge in [-0.1, -0.05) is 29.8 Å². The molecule has 0 spiro atoms. The molecule has 2 N–H and O–H groups in total. The van der Waals surface area contributed by atoms with Gasteiger partial charge in [-0.3, -0.25) is 4.79 Å². The smallest absolute Gasteiger partial charge is 0.251 e. The van der Waals surface area contributed by atoms with Crippen molar-refractivity contribution in [2.45, 2.75) is 19.0 Å². The van der Waals surface area contributed by atoms with Gasteiger partial charge in [0.05, 0.1) is 11.5 Å². The maximum absolute atomic E-state index is 12.3. The lowest BCUT2D eigenvalue weighted by atomic mass is 10.1. The van der Waals surface area contributed by atoms with Crippen LogP contribution in [-0.4, -0.2) is 31.9 Å². The minimum atomic E-state index is -3.01. The van der Waals surface area contributed by atoms with Gasteiger partial charge in [0.2, 0.25) is 0 Å². The van der Waals surface area contributed by atoms with Crippen LogP contribution in [0.2, 0.25) is 5.02 Å². The highest BCUT2D eigenvalue weighted by atomic mass is 35.5. The number of carbonyl (C=O) groups excluding carboxylic acids is 1. The molecule has 1 aliphatic heterocycles. The molecular formula is C18H19ClN2O3S. The molecule has 3 rings (SSSR count). The maximum Gasteiger partial charge on any atom is 0.251 e. The average molecular weight is 379 g/mol. The summed E-state index contributed by atoms with van der Waals surface area (Å²) in [5.74, 6) is -0.0986. The molecule has 0 radical (unpaired) electrons. The summed E-state index contributed by atoms with van der Waals surface area (Å²) >= 11 is 5.97. The summed E-state index contributed by atoms with van der Waals surface area (Å²) in [4.78, 5) is 12.3. The van der Waals surface area contributed by atoms with E-state index in [0.29, 0.717) is 23.6 Å². The van der Waals surface area contributed by atoms with Crippen molar-refractivity contribution < 1.29 is 13.2 Å². The van der Waals surface area contributed by atoms with Gasteiger partial charge in [-0.2, -0.15) is 0 Å². The Morgan fingerprint density at radius 3 is 2.68 bits per heavy atom.